The third-order valence-electron chi connectivity index (χ3n) is 1.82. The molecule has 1 rings (SSSR count). The highest BCUT2D eigenvalue weighted by molar-refractivity contribution is 6.43. The minimum atomic E-state index is -1.29. The van der Waals surface area contributed by atoms with Crippen LogP contribution in [-0.4, -0.2) is 17.2 Å². The lowest BCUT2D eigenvalue weighted by Crippen LogP contribution is -2.21. The van der Waals surface area contributed by atoms with Crippen LogP contribution in [0.1, 0.15) is 19.3 Å². The Labute approximate surface area is 59.5 Å². The Hall–Kier alpha value is -0.345. The van der Waals surface area contributed by atoms with Crippen molar-refractivity contribution < 1.29 is 14.4 Å². The molecule has 1 aliphatic carbocycles. The Bertz CT molecular complexity index is 147. The molecular formula is C6H10BFO2. The van der Waals surface area contributed by atoms with E-state index >= 15 is 0 Å². The Morgan fingerprint density at radius 2 is 2.30 bits per heavy atom. The smallest absolute Gasteiger partial charge is 0.427 e. The van der Waals surface area contributed by atoms with Crippen LogP contribution in [0.25, 0.3) is 0 Å². The van der Waals surface area contributed by atoms with Crippen molar-refractivity contribution in [2.24, 2.45) is 0 Å². The SMILES string of the molecule is OB(O)C1CC=C(F)CC1. The molecule has 0 amide bonds. The third kappa shape index (κ3) is 1.82. The van der Waals surface area contributed by atoms with Gasteiger partial charge in [-0.2, -0.15) is 0 Å². The van der Waals surface area contributed by atoms with Gasteiger partial charge >= 0.3 is 7.12 Å². The lowest BCUT2D eigenvalue weighted by molar-refractivity contribution is 0.370. The lowest BCUT2D eigenvalue weighted by Gasteiger charge is -2.16. The molecule has 4 heteroatoms. The molecular weight excluding hydrogens is 134 g/mol. The van der Waals surface area contributed by atoms with Gasteiger partial charge < -0.3 is 10.0 Å². The van der Waals surface area contributed by atoms with E-state index in [-0.39, 0.29) is 11.6 Å². The van der Waals surface area contributed by atoms with E-state index in [1.54, 1.807) is 0 Å². The maximum absolute atomic E-state index is 12.3. The van der Waals surface area contributed by atoms with E-state index in [9.17, 15) is 4.39 Å². The van der Waals surface area contributed by atoms with E-state index in [0.717, 1.165) is 0 Å². The molecule has 0 aromatic rings. The largest absolute Gasteiger partial charge is 0.455 e. The molecule has 10 heavy (non-hydrogen) atoms. The van der Waals surface area contributed by atoms with Crippen molar-refractivity contribution in [2.45, 2.75) is 25.1 Å². The summed E-state index contributed by atoms with van der Waals surface area (Å²) in [6.07, 6.45) is 2.76. The summed E-state index contributed by atoms with van der Waals surface area (Å²) in [6, 6.07) is 0. The molecule has 0 radical (unpaired) electrons. The topological polar surface area (TPSA) is 40.5 Å². The highest BCUT2D eigenvalue weighted by Crippen LogP contribution is 2.29. The molecule has 2 nitrogen and oxygen atoms in total. The molecule has 0 spiro atoms. The molecule has 0 aliphatic heterocycles. The van der Waals surface area contributed by atoms with Gasteiger partial charge in [-0.05, 0) is 25.1 Å². The van der Waals surface area contributed by atoms with Gasteiger partial charge in [0.1, 0.15) is 0 Å². The average Bonchev–Trinajstić information content (AvgIpc) is 1.88. The number of hydrogen-bond donors (Lipinski definition) is 2. The van der Waals surface area contributed by atoms with Gasteiger partial charge in [0.15, 0.2) is 0 Å². The van der Waals surface area contributed by atoms with Gasteiger partial charge in [0, 0.05) is 0 Å². The second-order valence-corrected chi connectivity index (χ2v) is 2.60. The van der Waals surface area contributed by atoms with E-state index in [0.29, 0.717) is 19.3 Å². The summed E-state index contributed by atoms with van der Waals surface area (Å²) in [5.41, 5.74) is 0. The van der Waals surface area contributed by atoms with Crippen LogP contribution in [0.2, 0.25) is 5.82 Å². The Balaban J connectivity index is 2.42. The predicted octanol–water partition coefficient (Wildman–Crippen LogP) is 0.867. The van der Waals surface area contributed by atoms with Crippen LogP contribution in [0.3, 0.4) is 0 Å². The first-order chi connectivity index (χ1) is 4.70. The van der Waals surface area contributed by atoms with Gasteiger partial charge in [-0.25, -0.2) is 4.39 Å². The number of hydrogen-bond acceptors (Lipinski definition) is 2. The number of allylic oxidation sites excluding steroid dienone is 2. The maximum atomic E-state index is 12.3. The van der Waals surface area contributed by atoms with Crippen LogP contribution >= 0.6 is 0 Å². The summed E-state index contributed by atoms with van der Waals surface area (Å²) >= 11 is 0. The highest BCUT2D eigenvalue weighted by atomic mass is 19.1. The Morgan fingerprint density at radius 3 is 2.70 bits per heavy atom. The lowest BCUT2D eigenvalue weighted by atomic mass is 9.67. The first-order valence-electron chi connectivity index (χ1n) is 3.41. The molecule has 56 valence electrons. The monoisotopic (exact) mass is 144 g/mol. The van der Waals surface area contributed by atoms with E-state index in [2.05, 4.69) is 0 Å². The van der Waals surface area contributed by atoms with Gasteiger partial charge in [-0.1, -0.05) is 6.08 Å². The highest BCUT2D eigenvalue weighted by Gasteiger charge is 2.24. The van der Waals surface area contributed by atoms with E-state index in [1.807, 2.05) is 0 Å². The van der Waals surface area contributed by atoms with Gasteiger partial charge in [0.25, 0.3) is 0 Å². The normalized spacial score (nSPS) is 25.9. The molecule has 0 bridgehead atoms. The maximum Gasteiger partial charge on any atom is 0.455 e. The summed E-state index contributed by atoms with van der Waals surface area (Å²) in [6.45, 7) is 0. The zero-order valence-electron chi connectivity index (χ0n) is 5.63. The zero-order valence-corrected chi connectivity index (χ0v) is 5.63. The second-order valence-electron chi connectivity index (χ2n) is 2.60. The van der Waals surface area contributed by atoms with Gasteiger partial charge in [-0.15, -0.1) is 0 Å². The van der Waals surface area contributed by atoms with Crippen LogP contribution < -0.4 is 0 Å². The van der Waals surface area contributed by atoms with Crippen LogP contribution in [0.4, 0.5) is 4.39 Å². The van der Waals surface area contributed by atoms with Crippen molar-refractivity contribution in [1.82, 2.24) is 0 Å². The summed E-state index contributed by atoms with van der Waals surface area (Å²) < 4.78 is 12.3. The van der Waals surface area contributed by atoms with Gasteiger partial charge in [-0.3, -0.25) is 0 Å². The number of rotatable bonds is 1. The molecule has 1 unspecified atom stereocenters. The van der Waals surface area contributed by atoms with Crippen molar-refractivity contribution >= 4 is 7.12 Å². The van der Waals surface area contributed by atoms with Crippen LogP contribution in [0, 0.1) is 0 Å². The minimum Gasteiger partial charge on any atom is -0.427 e. The van der Waals surface area contributed by atoms with Crippen LogP contribution in [-0.2, 0) is 0 Å². The van der Waals surface area contributed by atoms with E-state index < -0.39 is 7.12 Å². The van der Waals surface area contributed by atoms with Crippen molar-refractivity contribution in [2.75, 3.05) is 0 Å². The molecule has 0 saturated carbocycles. The molecule has 0 fully saturated rings. The van der Waals surface area contributed by atoms with Crippen LogP contribution in [0.15, 0.2) is 11.9 Å². The van der Waals surface area contributed by atoms with Crippen molar-refractivity contribution in [3.05, 3.63) is 11.9 Å². The summed E-state index contributed by atoms with van der Waals surface area (Å²) in [4.78, 5) is 0. The predicted molar refractivity (Wildman–Crippen MR) is 37.0 cm³/mol. The Kier molecular flexibility index (Phi) is 2.46. The fraction of sp³-hybridized carbons (Fsp3) is 0.667. The summed E-state index contributed by atoms with van der Waals surface area (Å²) in [5, 5.41) is 17.3. The fourth-order valence-corrected chi connectivity index (χ4v) is 1.09. The number of halogens is 1. The molecule has 1 atom stereocenters. The molecule has 2 N–H and O–H groups in total. The first-order valence-corrected chi connectivity index (χ1v) is 3.41. The fourth-order valence-electron chi connectivity index (χ4n) is 1.09. The molecule has 0 aromatic carbocycles. The molecule has 0 aromatic heterocycles. The molecule has 1 aliphatic rings. The van der Waals surface area contributed by atoms with E-state index in [1.165, 1.54) is 6.08 Å². The Morgan fingerprint density at radius 1 is 1.60 bits per heavy atom. The standard InChI is InChI=1S/C6H10BFO2/c8-6-3-1-5(2-4-6)7(9)10/h3,5,9-10H,1-2,4H2. The first kappa shape index (κ1) is 7.76. The third-order valence-corrected chi connectivity index (χ3v) is 1.82. The minimum absolute atomic E-state index is 0.128. The second kappa shape index (κ2) is 3.17. The van der Waals surface area contributed by atoms with E-state index in [4.69, 9.17) is 10.0 Å². The summed E-state index contributed by atoms with van der Waals surface area (Å²) in [7, 11) is -1.29. The quantitative estimate of drug-likeness (QED) is 0.536. The van der Waals surface area contributed by atoms with Gasteiger partial charge in [0.05, 0.1) is 5.83 Å². The van der Waals surface area contributed by atoms with Crippen LogP contribution in [0.5, 0.6) is 0 Å². The molecule has 0 saturated heterocycles. The van der Waals surface area contributed by atoms with Crippen molar-refractivity contribution in [1.29, 1.82) is 0 Å². The van der Waals surface area contributed by atoms with Crippen molar-refractivity contribution in [3.8, 4) is 0 Å². The van der Waals surface area contributed by atoms with Gasteiger partial charge in [0.2, 0.25) is 0 Å². The molecule has 0 heterocycles. The zero-order chi connectivity index (χ0) is 7.56. The summed E-state index contributed by atoms with van der Waals surface area (Å²) in [5.74, 6) is -0.295. The average molecular weight is 144 g/mol. The van der Waals surface area contributed by atoms with Crippen molar-refractivity contribution in [3.63, 3.8) is 0 Å².